The van der Waals surface area contributed by atoms with Gasteiger partial charge in [-0.1, -0.05) is 19.9 Å². The van der Waals surface area contributed by atoms with E-state index < -0.39 is 24.3 Å². The standard InChI is InChI=1S/C19H28BNO5/c1-12(2)11-21-16(22)14-9-8-13(10-15(14)17(23)24-7)20-25-18(3,4)19(5,6)26-20/h8-10,12H,11H2,1-7H3,(H,21,22). The number of amides is 1. The highest BCUT2D eigenvalue weighted by Crippen LogP contribution is 2.36. The number of hydrogen-bond acceptors (Lipinski definition) is 5. The summed E-state index contributed by atoms with van der Waals surface area (Å²) in [5.41, 5.74) is 0.162. The van der Waals surface area contributed by atoms with Crippen molar-refractivity contribution in [2.24, 2.45) is 5.92 Å². The van der Waals surface area contributed by atoms with Crippen LogP contribution < -0.4 is 10.8 Å². The second-order valence-electron chi connectivity index (χ2n) is 7.99. The molecule has 0 aromatic heterocycles. The molecule has 6 nitrogen and oxygen atoms in total. The van der Waals surface area contributed by atoms with Crippen LogP contribution in [0.3, 0.4) is 0 Å². The molecular weight excluding hydrogens is 333 g/mol. The Morgan fingerprint density at radius 1 is 1.12 bits per heavy atom. The number of methoxy groups -OCH3 is 1. The van der Waals surface area contributed by atoms with Crippen LogP contribution in [0.4, 0.5) is 0 Å². The summed E-state index contributed by atoms with van der Waals surface area (Å²) in [7, 11) is 0.677. The van der Waals surface area contributed by atoms with Crippen molar-refractivity contribution in [1.82, 2.24) is 5.32 Å². The van der Waals surface area contributed by atoms with Crippen molar-refractivity contribution >= 4 is 24.5 Å². The fourth-order valence-corrected chi connectivity index (χ4v) is 2.56. The molecular formula is C19H28BNO5. The van der Waals surface area contributed by atoms with Gasteiger partial charge in [0.15, 0.2) is 0 Å². The summed E-state index contributed by atoms with van der Waals surface area (Å²) < 4.78 is 16.9. The molecule has 0 radical (unpaired) electrons. The quantitative estimate of drug-likeness (QED) is 0.643. The smallest absolute Gasteiger partial charge is 0.465 e. The van der Waals surface area contributed by atoms with Crippen LogP contribution in [0, 0.1) is 5.92 Å². The van der Waals surface area contributed by atoms with Crippen molar-refractivity contribution < 1.29 is 23.6 Å². The first kappa shape index (κ1) is 20.5. The zero-order valence-electron chi connectivity index (χ0n) is 16.6. The molecule has 1 saturated heterocycles. The fraction of sp³-hybridized carbons (Fsp3) is 0.579. The van der Waals surface area contributed by atoms with Crippen LogP contribution in [-0.2, 0) is 14.0 Å². The first-order valence-corrected chi connectivity index (χ1v) is 8.84. The van der Waals surface area contributed by atoms with Crippen LogP contribution in [0.15, 0.2) is 18.2 Å². The third kappa shape index (κ3) is 4.10. The molecule has 0 saturated carbocycles. The second kappa shape index (κ2) is 7.41. The molecule has 1 aliphatic rings. The first-order valence-electron chi connectivity index (χ1n) is 8.84. The van der Waals surface area contributed by atoms with Gasteiger partial charge in [-0.2, -0.15) is 0 Å². The molecule has 0 aliphatic carbocycles. The third-order valence-electron chi connectivity index (χ3n) is 4.89. The zero-order chi connectivity index (χ0) is 19.7. The summed E-state index contributed by atoms with van der Waals surface area (Å²) in [6, 6.07) is 4.97. The molecule has 0 atom stereocenters. The van der Waals surface area contributed by atoms with Crippen LogP contribution in [0.1, 0.15) is 62.3 Å². The molecule has 26 heavy (non-hydrogen) atoms. The van der Waals surface area contributed by atoms with Gasteiger partial charge in [-0.05, 0) is 51.2 Å². The Morgan fingerprint density at radius 2 is 1.69 bits per heavy atom. The van der Waals surface area contributed by atoms with Crippen molar-refractivity contribution in [1.29, 1.82) is 0 Å². The maximum Gasteiger partial charge on any atom is 0.494 e. The van der Waals surface area contributed by atoms with E-state index in [9.17, 15) is 9.59 Å². The van der Waals surface area contributed by atoms with E-state index in [1.54, 1.807) is 18.2 Å². The Balaban J connectivity index is 2.35. The van der Waals surface area contributed by atoms with Crippen molar-refractivity contribution in [2.45, 2.75) is 52.7 Å². The van der Waals surface area contributed by atoms with Gasteiger partial charge in [0.1, 0.15) is 0 Å². The van der Waals surface area contributed by atoms with Gasteiger partial charge in [-0.15, -0.1) is 0 Å². The lowest BCUT2D eigenvalue weighted by Gasteiger charge is -2.32. The lowest BCUT2D eigenvalue weighted by Crippen LogP contribution is -2.41. The number of hydrogen-bond donors (Lipinski definition) is 1. The van der Waals surface area contributed by atoms with Gasteiger partial charge in [0.25, 0.3) is 5.91 Å². The Hall–Kier alpha value is -1.86. The molecule has 2 rings (SSSR count). The van der Waals surface area contributed by atoms with Crippen LogP contribution in [-0.4, -0.2) is 43.9 Å². The van der Waals surface area contributed by atoms with Crippen molar-refractivity contribution in [2.75, 3.05) is 13.7 Å². The van der Waals surface area contributed by atoms with Crippen molar-refractivity contribution in [3.63, 3.8) is 0 Å². The average molecular weight is 361 g/mol. The van der Waals surface area contributed by atoms with Gasteiger partial charge >= 0.3 is 13.1 Å². The highest BCUT2D eigenvalue weighted by atomic mass is 16.7. The molecule has 1 aromatic carbocycles. The monoisotopic (exact) mass is 361 g/mol. The van der Waals surface area contributed by atoms with Crippen LogP contribution in [0.2, 0.25) is 0 Å². The van der Waals surface area contributed by atoms with Crippen LogP contribution in [0.5, 0.6) is 0 Å². The number of benzene rings is 1. The van der Waals surface area contributed by atoms with Gasteiger partial charge in [0.2, 0.25) is 0 Å². The number of esters is 1. The molecule has 1 heterocycles. The largest absolute Gasteiger partial charge is 0.494 e. The minimum absolute atomic E-state index is 0.195. The third-order valence-corrected chi connectivity index (χ3v) is 4.89. The SMILES string of the molecule is COC(=O)c1cc(B2OC(C)(C)C(C)(C)O2)ccc1C(=O)NCC(C)C. The number of carbonyl (C=O) groups excluding carboxylic acids is 2. The summed E-state index contributed by atoms with van der Waals surface area (Å²) in [6.07, 6.45) is 0. The fourth-order valence-electron chi connectivity index (χ4n) is 2.56. The molecule has 142 valence electrons. The normalized spacial score (nSPS) is 18.1. The minimum atomic E-state index is -0.615. The molecule has 1 aromatic rings. The van der Waals surface area contributed by atoms with E-state index in [4.69, 9.17) is 14.0 Å². The zero-order valence-corrected chi connectivity index (χ0v) is 16.6. The van der Waals surface area contributed by atoms with Crippen LogP contribution in [0.25, 0.3) is 0 Å². The Bertz CT molecular complexity index is 683. The molecule has 0 bridgehead atoms. The summed E-state index contributed by atoms with van der Waals surface area (Å²) in [5, 5.41) is 2.82. The molecule has 0 spiro atoms. The maximum atomic E-state index is 12.4. The highest BCUT2D eigenvalue weighted by molar-refractivity contribution is 6.62. The van der Waals surface area contributed by atoms with Gasteiger partial charge in [0.05, 0.1) is 29.4 Å². The van der Waals surface area contributed by atoms with E-state index in [0.29, 0.717) is 17.9 Å². The van der Waals surface area contributed by atoms with Crippen molar-refractivity contribution in [3.05, 3.63) is 29.3 Å². The predicted octanol–water partition coefficient (Wildman–Crippen LogP) is 2.16. The Morgan fingerprint density at radius 3 is 2.19 bits per heavy atom. The first-order chi connectivity index (χ1) is 12.0. The summed E-state index contributed by atoms with van der Waals surface area (Å²) in [4.78, 5) is 24.7. The summed E-state index contributed by atoms with van der Waals surface area (Å²) in [5.74, 6) is -0.567. The van der Waals surface area contributed by atoms with E-state index in [0.717, 1.165) is 0 Å². The lowest BCUT2D eigenvalue weighted by atomic mass is 9.77. The highest BCUT2D eigenvalue weighted by Gasteiger charge is 2.51. The average Bonchev–Trinajstić information content (AvgIpc) is 2.79. The molecule has 1 fully saturated rings. The summed E-state index contributed by atoms with van der Waals surface area (Å²) >= 11 is 0. The number of ether oxygens (including phenoxy) is 1. The number of carbonyl (C=O) groups is 2. The molecule has 1 N–H and O–H groups in total. The van der Waals surface area contributed by atoms with E-state index >= 15 is 0 Å². The van der Waals surface area contributed by atoms with E-state index in [1.807, 2.05) is 41.5 Å². The Labute approximate surface area is 155 Å². The second-order valence-corrected chi connectivity index (χ2v) is 7.99. The molecule has 7 heteroatoms. The molecule has 1 aliphatic heterocycles. The van der Waals surface area contributed by atoms with Crippen molar-refractivity contribution in [3.8, 4) is 0 Å². The van der Waals surface area contributed by atoms with Crippen LogP contribution >= 0.6 is 0 Å². The topological polar surface area (TPSA) is 73.9 Å². The Kier molecular flexibility index (Phi) is 5.83. The van der Waals surface area contributed by atoms with Gasteiger partial charge in [0, 0.05) is 6.54 Å². The van der Waals surface area contributed by atoms with Gasteiger partial charge in [-0.3, -0.25) is 4.79 Å². The van der Waals surface area contributed by atoms with E-state index in [-0.39, 0.29) is 17.0 Å². The summed E-state index contributed by atoms with van der Waals surface area (Å²) in [6.45, 7) is 12.4. The van der Waals surface area contributed by atoms with E-state index in [1.165, 1.54) is 7.11 Å². The number of rotatable bonds is 5. The molecule has 0 unspecified atom stereocenters. The van der Waals surface area contributed by atoms with E-state index in [2.05, 4.69) is 5.32 Å². The molecule has 1 amide bonds. The van der Waals surface area contributed by atoms with Gasteiger partial charge in [-0.25, -0.2) is 4.79 Å². The lowest BCUT2D eigenvalue weighted by molar-refractivity contribution is 0.00578. The maximum absolute atomic E-state index is 12.4. The van der Waals surface area contributed by atoms with Gasteiger partial charge < -0.3 is 19.4 Å². The minimum Gasteiger partial charge on any atom is -0.465 e. The predicted molar refractivity (Wildman–Crippen MR) is 101 cm³/mol. The number of nitrogens with one attached hydrogen (secondary N) is 1.